The van der Waals surface area contributed by atoms with Crippen molar-refractivity contribution in [2.45, 2.75) is 95.2 Å². The largest absolute Gasteiger partial charge is 0.454 e. The fraction of sp³-hybridized carbons (Fsp3) is 0.667. The van der Waals surface area contributed by atoms with Crippen molar-refractivity contribution in [1.82, 2.24) is 10.2 Å². The maximum atomic E-state index is 14.0. The van der Waals surface area contributed by atoms with Crippen molar-refractivity contribution in [1.29, 1.82) is 0 Å². The first-order valence-electron chi connectivity index (χ1n) is 16.0. The number of rotatable bonds is 7. The number of esters is 2. The van der Waals surface area contributed by atoms with Crippen LogP contribution in [-0.4, -0.2) is 89.9 Å². The molecule has 5 rings (SSSR count). The van der Waals surface area contributed by atoms with E-state index in [1.165, 1.54) is 19.0 Å². The Bertz CT molecular complexity index is 1480. The highest BCUT2D eigenvalue weighted by atomic mass is 35.5. The van der Waals surface area contributed by atoms with Gasteiger partial charge in [-0.25, -0.2) is 0 Å². The molecule has 0 aromatic heterocycles. The number of hydroxylamine groups is 1. The van der Waals surface area contributed by atoms with Crippen LogP contribution in [0.1, 0.15) is 58.9 Å². The Labute approximate surface area is 282 Å². The number of benzene rings is 1. The Hall–Kier alpha value is -2.91. The minimum Gasteiger partial charge on any atom is -0.454 e. The molecule has 0 spiro atoms. The van der Waals surface area contributed by atoms with Crippen LogP contribution >= 0.6 is 11.6 Å². The lowest BCUT2D eigenvalue weighted by atomic mass is 9.55. The van der Waals surface area contributed by atoms with Gasteiger partial charge in [-0.1, -0.05) is 43.7 Å². The summed E-state index contributed by atoms with van der Waals surface area (Å²) in [4.78, 5) is 45.5. The second-order valence-electron chi connectivity index (χ2n) is 13.9. The van der Waals surface area contributed by atoms with E-state index in [0.29, 0.717) is 34.7 Å². The van der Waals surface area contributed by atoms with E-state index in [4.69, 9.17) is 25.9 Å². The summed E-state index contributed by atoms with van der Waals surface area (Å²) in [5, 5.41) is 29.2. The summed E-state index contributed by atoms with van der Waals surface area (Å²) < 4.78 is 50.5. The van der Waals surface area contributed by atoms with Crippen LogP contribution in [0.3, 0.4) is 0 Å². The van der Waals surface area contributed by atoms with Gasteiger partial charge in [-0.2, -0.15) is 13.2 Å². The molecule has 1 aromatic carbocycles. The van der Waals surface area contributed by atoms with E-state index >= 15 is 0 Å². The molecule has 1 saturated heterocycles. The van der Waals surface area contributed by atoms with Crippen LogP contribution in [-0.2, 0) is 34.3 Å². The molecule has 3 N–H and O–H groups in total. The van der Waals surface area contributed by atoms with Crippen LogP contribution in [0.25, 0.3) is 0 Å². The zero-order valence-electron chi connectivity index (χ0n) is 27.7. The molecule has 15 heteroatoms. The number of fused-ring (bicyclic) bond motifs is 4. The minimum atomic E-state index is -4.64. The Morgan fingerprint density at radius 3 is 2.56 bits per heavy atom. The number of nitrogens with one attached hydrogen (secondary N) is 1. The SMILES string of the molecule is CC(=O)O[C@@H]1C(C)=C[C@@H]2[C@H](C(C)CN(C)C(=O)CC(F)(F)F)CC[C@@H](C)[C@]2(O)[C@H]1OC(=O)[C@@H]1C[C@@]2(O)c3cccc(Cl)c3N(C)O[C@H]2N1. The van der Waals surface area contributed by atoms with Gasteiger partial charge in [-0.15, -0.1) is 0 Å². The maximum absolute atomic E-state index is 14.0. The summed E-state index contributed by atoms with van der Waals surface area (Å²) >= 11 is 6.40. The number of hydrogen-bond acceptors (Lipinski definition) is 10. The standard InChI is InChI=1S/C33H43ClF3N3O8/c1-16-12-22-20(17(2)15-39(5)25(42)14-32(35,36)37)11-10-18(3)33(22,45)28(27(16)46-19(4)41)47-29(43)24-13-31(44)21-8-7-9-23(34)26(21)40(6)48-30(31)38-24/h7-9,12,17-18,20,22,24,27-28,30,38,44-45H,10-11,13-15H2,1-6H3/t17?,18-,20+,22-,24+,27-,28+,30-,31-,33-/m1/s1. The molecular weight excluding hydrogens is 659 g/mol. The topological polar surface area (TPSA) is 138 Å². The summed E-state index contributed by atoms with van der Waals surface area (Å²) in [5.41, 5.74) is -1.95. The summed E-state index contributed by atoms with van der Waals surface area (Å²) in [5.74, 6) is -4.30. The third kappa shape index (κ3) is 6.53. The van der Waals surface area contributed by atoms with E-state index in [9.17, 15) is 37.8 Å². The van der Waals surface area contributed by atoms with Gasteiger partial charge in [0.15, 0.2) is 18.4 Å². The number of carbonyl (C=O) groups is 3. The van der Waals surface area contributed by atoms with Crippen molar-refractivity contribution >= 4 is 35.1 Å². The van der Waals surface area contributed by atoms with E-state index in [2.05, 4.69) is 5.32 Å². The Morgan fingerprint density at radius 2 is 1.92 bits per heavy atom. The quantitative estimate of drug-likeness (QED) is 0.284. The molecule has 1 amide bonds. The summed E-state index contributed by atoms with van der Waals surface area (Å²) in [6.07, 6.45) is -7.03. The molecule has 1 aromatic rings. The predicted octanol–water partition coefficient (Wildman–Crippen LogP) is 3.84. The zero-order valence-corrected chi connectivity index (χ0v) is 28.5. The molecule has 2 fully saturated rings. The third-order valence-corrected chi connectivity index (χ3v) is 10.9. The molecule has 2 heterocycles. The van der Waals surface area contributed by atoms with Crippen LogP contribution in [0.5, 0.6) is 0 Å². The fourth-order valence-corrected chi connectivity index (χ4v) is 8.43. The number of anilines is 1. The highest BCUT2D eigenvalue weighted by molar-refractivity contribution is 6.33. The lowest BCUT2D eigenvalue weighted by molar-refractivity contribution is -0.225. The lowest BCUT2D eigenvalue weighted by Gasteiger charge is -2.56. The molecule has 2 aliphatic carbocycles. The molecule has 10 atom stereocenters. The van der Waals surface area contributed by atoms with Gasteiger partial charge in [-0.3, -0.25) is 29.6 Å². The van der Waals surface area contributed by atoms with Crippen molar-refractivity contribution in [2.75, 3.05) is 25.7 Å². The highest BCUT2D eigenvalue weighted by Gasteiger charge is 2.62. The second-order valence-corrected chi connectivity index (χ2v) is 14.3. The van der Waals surface area contributed by atoms with E-state index in [1.54, 1.807) is 38.2 Å². The number of carbonyl (C=O) groups excluding carboxylic acids is 3. The Balaban J connectivity index is 1.42. The molecule has 266 valence electrons. The van der Waals surface area contributed by atoms with Crippen molar-refractivity contribution < 1.29 is 52.1 Å². The fourth-order valence-electron chi connectivity index (χ4n) is 8.14. The van der Waals surface area contributed by atoms with Gasteiger partial charge in [0.05, 0.1) is 10.7 Å². The molecule has 48 heavy (non-hydrogen) atoms. The number of halogens is 4. The molecule has 0 radical (unpaired) electrons. The average Bonchev–Trinajstić information content (AvgIpc) is 3.33. The van der Waals surface area contributed by atoms with E-state index in [-0.39, 0.29) is 24.8 Å². The van der Waals surface area contributed by atoms with Crippen molar-refractivity contribution in [3.05, 3.63) is 40.4 Å². The van der Waals surface area contributed by atoms with Crippen molar-refractivity contribution in [3.8, 4) is 0 Å². The molecule has 1 saturated carbocycles. The molecular formula is C33H43ClF3N3O8. The first kappa shape index (κ1) is 36.4. The van der Waals surface area contributed by atoms with Gasteiger partial charge in [0.2, 0.25) is 5.91 Å². The van der Waals surface area contributed by atoms with Crippen molar-refractivity contribution in [2.24, 2.45) is 23.7 Å². The van der Waals surface area contributed by atoms with E-state index in [1.807, 2.05) is 13.8 Å². The predicted molar refractivity (Wildman–Crippen MR) is 167 cm³/mol. The van der Waals surface area contributed by atoms with Crippen LogP contribution in [0.2, 0.25) is 5.02 Å². The molecule has 4 aliphatic rings. The van der Waals surface area contributed by atoms with Crippen molar-refractivity contribution in [3.63, 3.8) is 0 Å². The summed E-state index contributed by atoms with van der Waals surface area (Å²) in [6, 6.07) is 3.94. The van der Waals surface area contributed by atoms with Crippen LogP contribution in [0.4, 0.5) is 18.9 Å². The third-order valence-electron chi connectivity index (χ3n) is 10.6. The van der Waals surface area contributed by atoms with Gasteiger partial charge in [0.1, 0.15) is 23.7 Å². The number of para-hydroxylation sites is 1. The summed E-state index contributed by atoms with van der Waals surface area (Å²) in [6.45, 7) is 6.54. The Kier molecular flexibility index (Phi) is 9.92. The summed E-state index contributed by atoms with van der Waals surface area (Å²) in [7, 11) is 2.94. The average molecular weight is 702 g/mol. The zero-order chi connectivity index (χ0) is 35.5. The van der Waals surface area contributed by atoms with Gasteiger partial charge in [-0.05, 0) is 49.2 Å². The first-order chi connectivity index (χ1) is 22.3. The Morgan fingerprint density at radius 1 is 1.23 bits per heavy atom. The van der Waals surface area contributed by atoms with E-state index < -0.39 is 78.0 Å². The highest BCUT2D eigenvalue weighted by Crippen LogP contribution is 2.53. The number of ether oxygens (including phenoxy) is 2. The van der Waals surface area contributed by atoms with Crippen LogP contribution in [0, 0.1) is 23.7 Å². The first-order valence-corrected chi connectivity index (χ1v) is 16.4. The van der Waals surface area contributed by atoms with Gasteiger partial charge < -0.3 is 24.6 Å². The monoisotopic (exact) mass is 701 g/mol. The molecule has 2 aliphatic heterocycles. The van der Waals surface area contributed by atoms with Gasteiger partial charge in [0, 0.05) is 45.5 Å². The van der Waals surface area contributed by atoms with Crippen LogP contribution in [0.15, 0.2) is 29.8 Å². The van der Waals surface area contributed by atoms with Crippen LogP contribution < -0.4 is 10.4 Å². The number of aliphatic hydroxyl groups is 2. The molecule has 0 bridgehead atoms. The molecule has 11 nitrogen and oxygen atoms in total. The number of amides is 1. The minimum absolute atomic E-state index is 0.0111. The number of alkyl halides is 3. The number of nitrogens with zero attached hydrogens (tertiary/aromatic N) is 2. The molecule has 1 unspecified atom stereocenters. The van der Waals surface area contributed by atoms with Gasteiger partial charge >= 0.3 is 18.1 Å². The smallest absolute Gasteiger partial charge is 0.397 e. The lowest BCUT2D eigenvalue weighted by Crippen LogP contribution is -2.66. The van der Waals surface area contributed by atoms with Gasteiger partial charge in [0.25, 0.3) is 0 Å². The van der Waals surface area contributed by atoms with E-state index in [0.717, 1.165) is 4.90 Å². The second kappa shape index (κ2) is 13.1. The normalized spacial score (nSPS) is 35.0. The maximum Gasteiger partial charge on any atom is 0.397 e. The number of hydrogen-bond donors (Lipinski definition) is 3.